The predicted octanol–water partition coefficient (Wildman–Crippen LogP) is 2.63. The molecule has 0 radical (unpaired) electrons. The summed E-state index contributed by atoms with van der Waals surface area (Å²) in [5, 5.41) is 14.2. The lowest BCUT2D eigenvalue weighted by molar-refractivity contribution is -0.389. The molecule has 104 valence electrons. The van der Waals surface area contributed by atoms with Gasteiger partial charge in [0.2, 0.25) is 0 Å². The smallest absolute Gasteiger partial charge is 0.358 e. The van der Waals surface area contributed by atoms with Gasteiger partial charge in [-0.15, -0.1) is 0 Å². The number of Topliss-reactive ketones (excluding diaryl/α,β-unsaturated/α-hetero) is 1. The first-order chi connectivity index (χ1) is 9.60. The summed E-state index contributed by atoms with van der Waals surface area (Å²) in [5.41, 5.74) is 1.78. The van der Waals surface area contributed by atoms with Crippen molar-refractivity contribution in [2.75, 3.05) is 0 Å². The zero-order chi connectivity index (χ0) is 14.5. The van der Waals surface area contributed by atoms with Crippen LogP contribution in [0.3, 0.4) is 0 Å². The van der Waals surface area contributed by atoms with Crippen molar-refractivity contribution in [1.82, 2.24) is 9.78 Å². The van der Waals surface area contributed by atoms with Crippen molar-refractivity contribution in [3.63, 3.8) is 0 Å². The van der Waals surface area contributed by atoms with E-state index >= 15 is 0 Å². The number of benzene rings is 1. The van der Waals surface area contributed by atoms with Gasteiger partial charge >= 0.3 is 5.82 Å². The molecule has 2 aromatic rings. The molecule has 6 nitrogen and oxygen atoms in total. The summed E-state index contributed by atoms with van der Waals surface area (Å²) in [6, 6.07) is 8.71. The molecule has 0 amide bonds. The first-order valence-electron chi connectivity index (χ1n) is 6.40. The summed E-state index contributed by atoms with van der Waals surface area (Å²) >= 11 is 0. The number of nitrogens with zero attached hydrogens (tertiary/aromatic N) is 3. The van der Waals surface area contributed by atoms with Crippen LogP contribution in [0.1, 0.15) is 29.3 Å². The van der Waals surface area contributed by atoms with E-state index in [4.69, 9.17) is 0 Å². The number of carbonyl (C=O) groups excluding carboxylic acids is 1. The standard InChI is InChI=1S/C14H15N3O3/c1-2-3-11-4-6-12(7-5-11)13(18)10-16-9-8-14(15-16)17(19)20/h4-9H,2-3,10H2,1H3. The molecule has 1 aromatic carbocycles. The molecule has 2 rings (SSSR count). The second-order valence-corrected chi connectivity index (χ2v) is 4.50. The Kier molecular flexibility index (Phi) is 4.24. The average molecular weight is 273 g/mol. The molecule has 1 aromatic heterocycles. The van der Waals surface area contributed by atoms with E-state index in [1.54, 1.807) is 12.1 Å². The molecule has 6 heteroatoms. The summed E-state index contributed by atoms with van der Waals surface area (Å²) in [4.78, 5) is 22.0. The summed E-state index contributed by atoms with van der Waals surface area (Å²) in [7, 11) is 0. The Bertz CT molecular complexity index is 617. The fraction of sp³-hybridized carbons (Fsp3) is 0.286. The molecule has 20 heavy (non-hydrogen) atoms. The number of carbonyl (C=O) groups is 1. The highest BCUT2D eigenvalue weighted by atomic mass is 16.6. The van der Waals surface area contributed by atoms with Gasteiger partial charge in [-0.3, -0.25) is 4.79 Å². The Balaban J connectivity index is 2.05. The highest BCUT2D eigenvalue weighted by molar-refractivity contribution is 5.95. The molecule has 0 saturated heterocycles. The SMILES string of the molecule is CCCc1ccc(C(=O)Cn2ccc([N+](=O)[O-])n2)cc1. The number of aromatic nitrogens is 2. The fourth-order valence-corrected chi connectivity index (χ4v) is 1.92. The molecule has 0 unspecified atom stereocenters. The van der Waals surface area contributed by atoms with Gasteiger partial charge in [0, 0.05) is 5.56 Å². The summed E-state index contributed by atoms with van der Waals surface area (Å²) in [6.07, 6.45) is 3.48. The van der Waals surface area contributed by atoms with Gasteiger partial charge in [-0.25, -0.2) is 0 Å². The first-order valence-corrected chi connectivity index (χ1v) is 6.40. The van der Waals surface area contributed by atoms with Crippen LogP contribution in [0, 0.1) is 10.1 Å². The molecule has 0 spiro atoms. The fourth-order valence-electron chi connectivity index (χ4n) is 1.92. The molecule has 0 saturated carbocycles. The van der Waals surface area contributed by atoms with E-state index in [1.807, 2.05) is 12.1 Å². The van der Waals surface area contributed by atoms with E-state index in [1.165, 1.54) is 22.5 Å². The molecule has 1 heterocycles. The van der Waals surface area contributed by atoms with Crippen LogP contribution in [0.2, 0.25) is 0 Å². The number of hydrogen-bond donors (Lipinski definition) is 0. The van der Waals surface area contributed by atoms with Crippen molar-refractivity contribution in [2.45, 2.75) is 26.3 Å². The lowest BCUT2D eigenvalue weighted by Gasteiger charge is -2.02. The molecule has 0 aliphatic carbocycles. The minimum absolute atomic E-state index is 0.000957. The van der Waals surface area contributed by atoms with E-state index in [-0.39, 0.29) is 18.1 Å². The number of nitro groups is 1. The number of aryl methyl sites for hydroxylation is 1. The molecule has 0 N–H and O–H groups in total. The van der Waals surface area contributed by atoms with E-state index in [9.17, 15) is 14.9 Å². The van der Waals surface area contributed by atoms with Gasteiger partial charge in [-0.2, -0.15) is 4.68 Å². The first kappa shape index (κ1) is 13.9. The minimum atomic E-state index is -0.583. The summed E-state index contributed by atoms with van der Waals surface area (Å²) in [6.45, 7) is 2.10. The van der Waals surface area contributed by atoms with Gasteiger partial charge in [-0.05, 0) is 16.9 Å². The van der Waals surface area contributed by atoms with E-state index in [0.29, 0.717) is 5.56 Å². The summed E-state index contributed by atoms with van der Waals surface area (Å²) in [5.74, 6) is -0.373. The lowest BCUT2D eigenvalue weighted by Crippen LogP contribution is -2.11. The normalized spacial score (nSPS) is 10.4. The highest BCUT2D eigenvalue weighted by Gasteiger charge is 2.14. The van der Waals surface area contributed by atoms with Crippen LogP contribution < -0.4 is 0 Å². The van der Waals surface area contributed by atoms with Crippen molar-refractivity contribution < 1.29 is 9.72 Å². The Labute approximate surface area is 116 Å². The van der Waals surface area contributed by atoms with Gasteiger partial charge < -0.3 is 10.1 Å². The third-order valence-corrected chi connectivity index (χ3v) is 2.93. The van der Waals surface area contributed by atoms with E-state index in [2.05, 4.69) is 12.0 Å². The predicted molar refractivity (Wildman–Crippen MR) is 73.6 cm³/mol. The van der Waals surface area contributed by atoms with Gasteiger partial charge in [0.1, 0.15) is 6.54 Å². The van der Waals surface area contributed by atoms with Crippen LogP contribution in [-0.4, -0.2) is 20.5 Å². The van der Waals surface area contributed by atoms with Gasteiger partial charge in [-0.1, -0.05) is 37.6 Å². The second kappa shape index (κ2) is 6.10. The van der Waals surface area contributed by atoms with Crippen LogP contribution in [0.25, 0.3) is 0 Å². The minimum Gasteiger partial charge on any atom is -0.358 e. The van der Waals surface area contributed by atoms with Crippen molar-refractivity contribution >= 4 is 11.6 Å². The monoisotopic (exact) mass is 273 g/mol. The Morgan fingerprint density at radius 3 is 2.55 bits per heavy atom. The number of hydrogen-bond acceptors (Lipinski definition) is 4. The van der Waals surface area contributed by atoms with Crippen molar-refractivity contribution in [3.05, 3.63) is 57.8 Å². The largest absolute Gasteiger partial charge is 0.389 e. The molecule has 0 aliphatic rings. The molecular formula is C14H15N3O3. The highest BCUT2D eigenvalue weighted by Crippen LogP contribution is 2.10. The maximum atomic E-state index is 12.0. The van der Waals surface area contributed by atoms with Crippen LogP contribution >= 0.6 is 0 Å². The average Bonchev–Trinajstić information content (AvgIpc) is 2.88. The molecule has 0 atom stereocenters. The van der Waals surface area contributed by atoms with Crippen LogP contribution in [0.5, 0.6) is 0 Å². The van der Waals surface area contributed by atoms with E-state index in [0.717, 1.165) is 12.8 Å². The molecule has 0 aliphatic heterocycles. The third kappa shape index (κ3) is 3.28. The van der Waals surface area contributed by atoms with Gasteiger partial charge in [0.25, 0.3) is 0 Å². The molecule has 0 fully saturated rings. The van der Waals surface area contributed by atoms with Crippen molar-refractivity contribution in [2.24, 2.45) is 0 Å². The van der Waals surface area contributed by atoms with Crippen LogP contribution in [0.15, 0.2) is 36.5 Å². The zero-order valence-electron chi connectivity index (χ0n) is 11.2. The van der Waals surface area contributed by atoms with Crippen LogP contribution in [0.4, 0.5) is 5.82 Å². The lowest BCUT2D eigenvalue weighted by atomic mass is 10.1. The molecule has 0 bridgehead atoms. The third-order valence-electron chi connectivity index (χ3n) is 2.93. The zero-order valence-corrected chi connectivity index (χ0v) is 11.2. The van der Waals surface area contributed by atoms with Gasteiger partial charge in [0.15, 0.2) is 5.78 Å². The quantitative estimate of drug-likeness (QED) is 0.460. The second-order valence-electron chi connectivity index (χ2n) is 4.50. The van der Waals surface area contributed by atoms with Crippen molar-refractivity contribution in [3.8, 4) is 0 Å². The van der Waals surface area contributed by atoms with Crippen LogP contribution in [-0.2, 0) is 13.0 Å². The Morgan fingerprint density at radius 1 is 1.30 bits per heavy atom. The number of ketones is 1. The Hall–Kier alpha value is -2.50. The van der Waals surface area contributed by atoms with E-state index < -0.39 is 4.92 Å². The molecular weight excluding hydrogens is 258 g/mol. The maximum absolute atomic E-state index is 12.0. The number of rotatable bonds is 6. The maximum Gasteiger partial charge on any atom is 0.389 e. The van der Waals surface area contributed by atoms with Crippen molar-refractivity contribution in [1.29, 1.82) is 0 Å². The topological polar surface area (TPSA) is 78.0 Å². The van der Waals surface area contributed by atoms with Gasteiger partial charge in [0.05, 0.1) is 17.4 Å². The Morgan fingerprint density at radius 2 is 2.00 bits per heavy atom. The summed E-state index contributed by atoms with van der Waals surface area (Å²) < 4.78 is 1.28.